The van der Waals surface area contributed by atoms with Crippen molar-refractivity contribution in [3.05, 3.63) is 78.1 Å². The molecule has 2 aliphatic heterocycles. The SMILES string of the molecule is CCCc1ccc(C2Oc3cc(Br)cc(F)c3C3Cc4cc(Br)ccc4N32)s1. The maximum absolute atomic E-state index is 15.0. The van der Waals surface area contributed by atoms with Gasteiger partial charge in [-0.2, -0.15) is 0 Å². The summed E-state index contributed by atoms with van der Waals surface area (Å²) in [5.74, 6) is 0.415. The number of benzene rings is 2. The Labute approximate surface area is 184 Å². The van der Waals surface area contributed by atoms with E-state index in [1.165, 1.54) is 16.5 Å². The average molecular weight is 523 g/mol. The lowest BCUT2D eigenvalue weighted by molar-refractivity contribution is 0.168. The highest BCUT2D eigenvalue weighted by atomic mass is 79.9. The Morgan fingerprint density at radius 2 is 2.00 bits per heavy atom. The van der Waals surface area contributed by atoms with Gasteiger partial charge in [-0.1, -0.05) is 45.2 Å². The quantitative estimate of drug-likeness (QED) is 0.352. The molecule has 28 heavy (non-hydrogen) atoms. The van der Waals surface area contributed by atoms with Crippen LogP contribution < -0.4 is 9.64 Å². The average Bonchev–Trinajstić information content (AvgIpc) is 3.24. The largest absolute Gasteiger partial charge is 0.465 e. The Morgan fingerprint density at radius 3 is 2.82 bits per heavy atom. The first-order valence-electron chi connectivity index (χ1n) is 9.36. The normalized spacial score (nSPS) is 19.8. The van der Waals surface area contributed by atoms with Gasteiger partial charge in [0.15, 0.2) is 0 Å². The summed E-state index contributed by atoms with van der Waals surface area (Å²) in [4.78, 5) is 4.78. The van der Waals surface area contributed by atoms with Crippen LogP contribution in [-0.4, -0.2) is 0 Å². The number of nitrogens with zero attached hydrogens (tertiary/aromatic N) is 1. The van der Waals surface area contributed by atoms with E-state index in [2.05, 4.69) is 67.9 Å². The first kappa shape index (κ1) is 18.6. The molecular formula is C22H18Br2FNOS. The number of halogens is 3. The fourth-order valence-corrected chi connectivity index (χ4v) is 6.20. The number of anilines is 1. The van der Waals surface area contributed by atoms with Crippen LogP contribution in [0.1, 0.15) is 46.5 Å². The molecule has 2 aliphatic rings. The lowest BCUT2D eigenvalue weighted by atomic mass is 9.99. The minimum atomic E-state index is -0.246. The van der Waals surface area contributed by atoms with E-state index in [4.69, 9.17) is 4.74 Å². The molecule has 0 aliphatic carbocycles. The van der Waals surface area contributed by atoms with Crippen LogP contribution in [0.25, 0.3) is 0 Å². The smallest absolute Gasteiger partial charge is 0.208 e. The Kier molecular flexibility index (Phi) is 4.76. The maximum Gasteiger partial charge on any atom is 0.208 e. The molecule has 2 aromatic carbocycles. The fraction of sp³-hybridized carbons (Fsp3) is 0.273. The van der Waals surface area contributed by atoms with Gasteiger partial charge in [0.1, 0.15) is 11.6 Å². The van der Waals surface area contributed by atoms with Gasteiger partial charge in [0.25, 0.3) is 0 Å². The van der Waals surface area contributed by atoms with Crippen LogP contribution in [0, 0.1) is 5.82 Å². The predicted octanol–water partition coefficient (Wildman–Crippen LogP) is 7.56. The second-order valence-electron chi connectivity index (χ2n) is 7.22. The van der Waals surface area contributed by atoms with Crippen LogP contribution >= 0.6 is 43.2 Å². The maximum atomic E-state index is 15.0. The minimum Gasteiger partial charge on any atom is -0.465 e. The van der Waals surface area contributed by atoms with Gasteiger partial charge in [-0.3, -0.25) is 0 Å². The van der Waals surface area contributed by atoms with Crippen molar-refractivity contribution in [3.8, 4) is 5.75 Å². The van der Waals surface area contributed by atoms with Crippen molar-refractivity contribution in [2.45, 2.75) is 38.5 Å². The van der Waals surface area contributed by atoms with Crippen LogP contribution in [0.4, 0.5) is 10.1 Å². The van der Waals surface area contributed by atoms with E-state index >= 15 is 0 Å². The third-order valence-corrected chi connectivity index (χ3v) is 7.50. The van der Waals surface area contributed by atoms with E-state index in [1.54, 1.807) is 11.3 Å². The number of aryl methyl sites for hydroxylation is 1. The Morgan fingerprint density at radius 1 is 1.14 bits per heavy atom. The van der Waals surface area contributed by atoms with Gasteiger partial charge in [0, 0.05) is 19.5 Å². The minimum absolute atomic E-state index is 0.0668. The summed E-state index contributed by atoms with van der Waals surface area (Å²) < 4.78 is 23.1. The number of fused-ring (bicyclic) bond motifs is 5. The molecule has 2 unspecified atom stereocenters. The highest BCUT2D eigenvalue weighted by molar-refractivity contribution is 9.10. The molecule has 3 aromatic rings. The van der Waals surface area contributed by atoms with Gasteiger partial charge >= 0.3 is 0 Å². The van der Waals surface area contributed by atoms with Crippen LogP contribution in [-0.2, 0) is 12.8 Å². The molecule has 144 valence electrons. The molecule has 0 saturated carbocycles. The standard InChI is InChI=1S/C22H18Br2FNOS/c1-2-3-15-5-7-20(28-15)22-26-17-6-4-13(23)8-12(17)9-18(26)21-16(25)10-14(24)11-19(21)27-22/h4-8,10-11,18,22H,2-3,9H2,1H3. The molecule has 0 amide bonds. The summed E-state index contributed by atoms with van der Waals surface area (Å²) in [6.45, 7) is 2.19. The van der Waals surface area contributed by atoms with Crippen molar-refractivity contribution < 1.29 is 9.13 Å². The Bertz CT molecular complexity index is 1070. The van der Waals surface area contributed by atoms with Crippen LogP contribution in [0.5, 0.6) is 5.75 Å². The molecule has 0 bridgehead atoms. The highest BCUT2D eigenvalue weighted by Gasteiger charge is 2.44. The summed E-state index contributed by atoms with van der Waals surface area (Å²) in [7, 11) is 0. The molecule has 2 nitrogen and oxygen atoms in total. The molecular weight excluding hydrogens is 505 g/mol. The molecule has 0 saturated heterocycles. The molecule has 5 rings (SSSR count). The third kappa shape index (κ3) is 3.01. The lowest BCUT2D eigenvalue weighted by Crippen LogP contribution is -2.37. The molecule has 0 spiro atoms. The Balaban J connectivity index is 1.66. The summed E-state index contributed by atoms with van der Waals surface area (Å²) in [6, 6.07) is 14.0. The van der Waals surface area contributed by atoms with Crippen LogP contribution in [0.15, 0.2) is 51.4 Å². The van der Waals surface area contributed by atoms with Crippen molar-refractivity contribution in [2.75, 3.05) is 4.90 Å². The topological polar surface area (TPSA) is 12.5 Å². The highest BCUT2D eigenvalue weighted by Crippen LogP contribution is 2.53. The molecule has 1 aromatic heterocycles. The lowest BCUT2D eigenvalue weighted by Gasteiger charge is -2.40. The zero-order chi connectivity index (χ0) is 19.4. The van der Waals surface area contributed by atoms with E-state index in [9.17, 15) is 4.39 Å². The molecule has 2 atom stereocenters. The van der Waals surface area contributed by atoms with Gasteiger partial charge in [-0.25, -0.2) is 4.39 Å². The third-order valence-electron chi connectivity index (χ3n) is 5.37. The van der Waals surface area contributed by atoms with Crippen molar-refractivity contribution in [3.63, 3.8) is 0 Å². The monoisotopic (exact) mass is 521 g/mol. The van der Waals surface area contributed by atoms with Gasteiger partial charge in [0.05, 0.1) is 16.5 Å². The van der Waals surface area contributed by atoms with Crippen LogP contribution in [0.3, 0.4) is 0 Å². The van der Waals surface area contributed by atoms with Crippen molar-refractivity contribution in [2.24, 2.45) is 0 Å². The van der Waals surface area contributed by atoms with Crippen molar-refractivity contribution >= 4 is 48.9 Å². The fourth-order valence-electron chi connectivity index (χ4n) is 4.24. The van der Waals surface area contributed by atoms with Crippen LogP contribution in [0.2, 0.25) is 0 Å². The van der Waals surface area contributed by atoms with E-state index in [0.717, 1.165) is 34.3 Å². The first-order chi connectivity index (χ1) is 13.5. The van der Waals surface area contributed by atoms with Crippen molar-refractivity contribution in [1.29, 1.82) is 0 Å². The summed E-state index contributed by atoms with van der Waals surface area (Å²) in [6.07, 6.45) is 2.72. The number of thiophene rings is 1. The summed E-state index contributed by atoms with van der Waals surface area (Å²) in [5.41, 5.74) is 2.99. The second-order valence-corrected chi connectivity index (χ2v) is 10.3. The first-order valence-corrected chi connectivity index (χ1v) is 11.8. The molecule has 0 fully saturated rings. The predicted molar refractivity (Wildman–Crippen MR) is 119 cm³/mol. The Hall–Kier alpha value is -1.37. The van der Waals surface area contributed by atoms with E-state index in [1.807, 2.05) is 12.1 Å². The van der Waals surface area contributed by atoms with E-state index in [0.29, 0.717) is 15.8 Å². The summed E-state index contributed by atoms with van der Waals surface area (Å²) in [5, 5.41) is 0. The van der Waals surface area contributed by atoms with E-state index in [-0.39, 0.29) is 18.1 Å². The molecule has 0 N–H and O–H groups in total. The number of ether oxygens (including phenoxy) is 1. The molecule has 3 heterocycles. The van der Waals surface area contributed by atoms with Gasteiger partial charge in [-0.15, -0.1) is 11.3 Å². The number of rotatable bonds is 3. The second kappa shape index (κ2) is 7.15. The van der Waals surface area contributed by atoms with Gasteiger partial charge in [0.2, 0.25) is 6.23 Å². The molecule has 0 radical (unpaired) electrons. The zero-order valence-electron chi connectivity index (χ0n) is 15.2. The molecule has 6 heteroatoms. The van der Waals surface area contributed by atoms with E-state index < -0.39 is 0 Å². The van der Waals surface area contributed by atoms with Gasteiger partial charge < -0.3 is 9.64 Å². The zero-order valence-corrected chi connectivity index (χ0v) is 19.2. The van der Waals surface area contributed by atoms with Crippen molar-refractivity contribution in [1.82, 2.24) is 0 Å². The number of hydrogen-bond donors (Lipinski definition) is 0. The van der Waals surface area contributed by atoms with Gasteiger partial charge in [-0.05, 0) is 60.9 Å². The summed E-state index contributed by atoms with van der Waals surface area (Å²) >= 11 is 8.78. The number of hydrogen-bond acceptors (Lipinski definition) is 3.